The fourth-order valence-electron chi connectivity index (χ4n) is 2.26. The third-order valence-electron chi connectivity index (χ3n) is 3.23. The molecule has 2 aromatic rings. The minimum Gasteiger partial charge on any atom is -0.337 e. The number of halogens is 1. The Kier molecular flexibility index (Phi) is 5.39. The molecule has 5 heteroatoms. The van der Waals surface area contributed by atoms with Gasteiger partial charge in [0.2, 0.25) is 0 Å². The van der Waals surface area contributed by atoms with Crippen LogP contribution >= 0.6 is 11.6 Å². The number of amides is 1. The van der Waals surface area contributed by atoms with Gasteiger partial charge in [-0.05, 0) is 25.0 Å². The van der Waals surface area contributed by atoms with Gasteiger partial charge in [-0.25, -0.2) is 0 Å². The molecule has 2 rings (SSSR count). The molecule has 0 aliphatic carbocycles. The second kappa shape index (κ2) is 7.27. The third-order valence-corrected chi connectivity index (χ3v) is 3.56. The number of nitrogens with one attached hydrogen (secondary N) is 1. The van der Waals surface area contributed by atoms with Gasteiger partial charge in [0.25, 0.3) is 5.91 Å². The van der Waals surface area contributed by atoms with Crippen molar-refractivity contribution in [1.82, 2.24) is 15.1 Å². The summed E-state index contributed by atoms with van der Waals surface area (Å²) in [6.07, 6.45) is 1.88. The van der Waals surface area contributed by atoms with Gasteiger partial charge in [-0.1, -0.05) is 43.6 Å². The predicted octanol–water partition coefficient (Wildman–Crippen LogP) is 3.99. The quantitative estimate of drug-likeness (QED) is 0.877. The third kappa shape index (κ3) is 3.64. The number of aromatic amines is 1. The summed E-state index contributed by atoms with van der Waals surface area (Å²) in [7, 11) is 0. The Balaban J connectivity index is 2.23. The summed E-state index contributed by atoms with van der Waals surface area (Å²) in [5.41, 5.74) is 2.02. The molecule has 0 unspecified atom stereocenters. The van der Waals surface area contributed by atoms with E-state index < -0.39 is 0 Å². The number of H-pyrrole nitrogens is 1. The molecule has 1 N–H and O–H groups in total. The maximum absolute atomic E-state index is 12.5. The highest BCUT2D eigenvalue weighted by Crippen LogP contribution is 2.26. The van der Waals surface area contributed by atoms with Crippen molar-refractivity contribution in [3.63, 3.8) is 0 Å². The van der Waals surface area contributed by atoms with Gasteiger partial charge in [0.05, 0.1) is 10.7 Å². The van der Waals surface area contributed by atoms with Crippen LogP contribution < -0.4 is 0 Å². The summed E-state index contributed by atoms with van der Waals surface area (Å²) >= 11 is 6.16. The lowest BCUT2D eigenvalue weighted by Crippen LogP contribution is -2.32. The number of carbonyl (C=O) groups excluding carboxylic acids is 1. The van der Waals surface area contributed by atoms with Crippen LogP contribution in [-0.4, -0.2) is 34.1 Å². The van der Waals surface area contributed by atoms with Gasteiger partial charge >= 0.3 is 0 Å². The van der Waals surface area contributed by atoms with Crippen molar-refractivity contribution >= 4 is 17.5 Å². The normalized spacial score (nSPS) is 10.6. The number of aromatic nitrogens is 2. The number of nitrogens with zero attached hydrogens (tertiary/aromatic N) is 2. The zero-order chi connectivity index (χ0) is 15.2. The highest BCUT2D eigenvalue weighted by molar-refractivity contribution is 6.33. The lowest BCUT2D eigenvalue weighted by molar-refractivity contribution is 0.0749. The minimum atomic E-state index is -0.00972. The molecule has 0 atom stereocenters. The molecule has 0 fully saturated rings. The maximum Gasteiger partial charge on any atom is 0.271 e. The molecule has 0 aliphatic rings. The molecule has 4 nitrogen and oxygen atoms in total. The lowest BCUT2D eigenvalue weighted by Gasteiger charge is -2.20. The summed E-state index contributed by atoms with van der Waals surface area (Å²) < 4.78 is 0. The van der Waals surface area contributed by atoms with E-state index in [1.807, 2.05) is 29.2 Å². The van der Waals surface area contributed by atoms with E-state index >= 15 is 0 Å². The van der Waals surface area contributed by atoms with Crippen LogP contribution in [-0.2, 0) is 0 Å². The highest BCUT2D eigenvalue weighted by Gasteiger charge is 2.17. The van der Waals surface area contributed by atoms with Gasteiger partial charge < -0.3 is 4.90 Å². The molecule has 1 amide bonds. The summed E-state index contributed by atoms with van der Waals surface area (Å²) in [5, 5.41) is 7.67. The van der Waals surface area contributed by atoms with Gasteiger partial charge in [0, 0.05) is 18.7 Å². The second-order valence-corrected chi connectivity index (χ2v) is 5.35. The monoisotopic (exact) mass is 305 g/mol. The van der Waals surface area contributed by atoms with Crippen LogP contribution in [0.3, 0.4) is 0 Å². The smallest absolute Gasteiger partial charge is 0.271 e. The summed E-state index contributed by atoms with van der Waals surface area (Å²) in [6, 6.07) is 9.24. The summed E-state index contributed by atoms with van der Waals surface area (Å²) in [5.74, 6) is -0.00972. The standard InChI is InChI=1S/C16H20ClN3O/c1-3-9-20(10-4-2)16(21)15-11-14(18-19-15)12-7-5-6-8-13(12)17/h5-8,11H,3-4,9-10H2,1-2H3,(H,18,19). The molecule has 0 radical (unpaired) electrons. The molecule has 1 heterocycles. The number of benzene rings is 1. The van der Waals surface area contributed by atoms with Crippen molar-refractivity contribution in [3.8, 4) is 11.3 Å². The van der Waals surface area contributed by atoms with Gasteiger partial charge in [-0.2, -0.15) is 5.10 Å². The average molecular weight is 306 g/mol. The molecule has 0 bridgehead atoms. The molecular formula is C16H20ClN3O. The fourth-order valence-corrected chi connectivity index (χ4v) is 2.50. The topological polar surface area (TPSA) is 49.0 Å². The first kappa shape index (κ1) is 15.6. The largest absolute Gasteiger partial charge is 0.337 e. The van der Waals surface area contributed by atoms with Crippen molar-refractivity contribution < 1.29 is 4.79 Å². The van der Waals surface area contributed by atoms with Gasteiger partial charge in [0.15, 0.2) is 0 Å². The summed E-state index contributed by atoms with van der Waals surface area (Å²) in [4.78, 5) is 14.3. The molecule has 0 aliphatic heterocycles. The predicted molar refractivity (Wildman–Crippen MR) is 85.5 cm³/mol. The molecule has 0 saturated carbocycles. The first-order chi connectivity index (χ1) is 10.2. The summed E-state index contributed by atoms with van der Waals surface area (Å²) in [6.45, 7) is 5.65. The van der Waals surface area contributed by atoms with E-state index in [4.69, 9.17) is 11.6 Å². The Labute approximate surface area is 130 Å². The van der Waals surface area contributed by atoms with Gasteiger partial charge in [-0.15, -0.1) is 0 Å². The van der Waals surface area contributed by atoms with Crippen LogP contribution in [0.4, 0.5) is 0 Å². The molecule has 1 aromatic carbocycles. The van der Waals surface area contributed by atoms with Crippen molar-refractivity contribution in [2.45, 2.75) is 26.7 Å². The van der Waals surface area contributed by atoms with E-state index in [0.29, 0.717) is 16.4 Å². The minimum absolute atomic E-state index is 0.00972. The number of hydrogen-bond acceptors (Lipinski definition) is 2. The number of carbonyl (C=O) groups is 1. The SMILES string of the molecule is CCCN(CCC)C(=O)c1cc(-c2ccccc2Cl)n[nH]1. The van der Waals surface area contributed by atoms with Crippen LogP contribution in [0.5, 0.6) is 0 Å². The van der Waals surface area contributed by atoms with E-state index in [2.05, 4.69) is 24.0 Å². The molecule has 21 heavy (non-hydrogen) atoms. The molecule has 0 saturated heterocycles. The average Bonchev–Trinajstić information content (AvgIpc) is 2.96. The Hall–Kier alpha value is -1.81. The van der Waals surface area contributed by atoms with Crippen LogP contribution in [0.25, 0.3) is 11.3 Å². The van der Waals surface area contributed by atoms with Crippen molar-refractivity contribution in [1.29, 1.82) is 0 Å². The van der Waals surface area contributed by atoms with E-state index in [-0.39, 0.29) is 5.91 Å². The Morgan fingerprint density at radius 3 is 2.52 bits per heavy atom. The zero-order valence-electron chi connectivity index (χ0n) is 12.4. The molecule has 0 spiro atoms. The Bertz CT molecular complexity index is 603. The zero-order valence-corrected chi connectivity index (χ0v) is 13.2. The molecular weight excluding hydrogens is 286 g/mol. The van der Waals surface area contributed by atoms with Crippen LogP contribution in [0, 0.1) is 0 Å². The molecule has 112 valence electrons. The lowest BCUT2D eigenvalue weighted by atomic mass is 10.1. The first-order valence-electron chi connectivity index (χ1n) is 7.27. The van der Waals surface area contributed by atoms with Crippen LogP contribution in [0.15, 0.2) is 30.3 Å². The van der Waals surface area contributed by atoms with Crippen molar-refractivity contribution in [2.75, 3.05) is 13.1 Å². The van der Waals surface area contributed by atoms with Gasteiger partial charge in [-0.3, -0.25) is 9.89 Å². The first-order valence-corrected chi connectivity index (χ1v) is 7.64. The second-order valence-electron chi connectivity index (χ2n) is 4.94. The van der Waals surface area contributed by atoms with Gasteiger partial charge in [0.1, 0.15) is 5.69 Å². The van der Waals surface area contributed by atoms with E-state index in [1.54, 1.807) is 6.07 Å². The highest BCUT2D eigenvalue weighted by atomic mass is 35.5. The Morgan fingerprint density at radius 1 is 1.24 bits per heavy atom. The van der Waals surface area contributed by atoms with E-state index in [1.165, 1.54) is 0 Å². The fraction of sp³-hybridized carbons (Fsp3) is 0.375. The van der Waals surface area contributed by atoms with E-state index in [9.17, 15) is 4.79 Å². The van der Waals surface area contributed by atoms with E-state index in [0.717, 1.165) is 31.5 Å². The van der Waals surface area contributed by atoms with Crippen molar-refractivity contribution in [3.05, 3.63) is 41.0 Å². The maximum atomic E-state index is 12.5. The van der Waals surface area contributed by atoms with Crippen molar-refractivity contribution in [2.24, 2.45) is 0 Å². The van der Waals surface area contributed by atoms with Crippen LogP contribution in [0.1, 0.15) is 37.2 Å². The number of rotatable bonds is 6. The number of hydrogen-bond donors (Lipinski definition) is 1. The van der Waals surface area contributed by atoms with Crippen LogP contribution in [0.2, 0.25) is 5.02 Å². The molecule has 1 aromatic heterocycles. The Morgan fingerprint density at radius 2 is 1.90 bits per heavy atom.